The predicted octanol–water partition coefficient (Wildman–Crippen LogP) is 3.02. The number of rotatable bonds is 9. The number of carbonyl (C=O) groups excluding carboxylic acids is 2. The second-order valence-corrected chi connectivity index (χ2v) is 6.50. The fourth-order valence-corrected chi connectivity index (χ4v) is 3.04. The molecule has 1 heterocycles. The van der Waals surface area contributed by atoms with Crippen LogP contribution in [0.1, 0.15) is 39.5 Å². The van der Waals surface area contributed by atoms with Crippen molar-refractivity contribution in [2.75, 3.05) is 41.9 Å². The summed E-state index contributed by atoms with van der Waals surface area (Å²) < 4.78 is 5.26. The summed E-state index contributed by atoms with van der Waals surface area (Å²) in [5.41, 5.74) is 2.56. The van der Waals surface area contributed by atoms with Crippen LogP contribution >= 0.6 is 0 Å². The monoisotopic (exact) mass is 347 g/mol. The van der Waals surface area contributed by atoms with Gasteiger partial charge in [-0.05, 0) is 44.4 Å². The molecule has 25 heavy (non-hydrogen) atoms. The Balaban J connectivity index is 2.29. The maximum absolute atomic E-state index is 12.1. The Labute approximate surface area is 150 Å². The first-order valence-corrected chi connectivity index (χ1v) is 9.02. The lowest BCUT2D eigenvalue weighted by atomic mass is 10.2. The van der Waals surface area contributed by atoms with E-state index in [9.17, 15) is 9.59 Å². The van der Waals surface area contributed by atoms with Crippen molar-refractivity contribution < 1.29 is 14.3 Å². The molecule has 6 heteroatoms. The number of methoxy groups -OCH3 is 1. The summed E-state index contributed by atoms with van der Waals surface area (Å²) in [6, 6.07) is 5.81. The maximum Gasteiger partial charge on any atom is 0.224 e. The van der Waals surface area contributed by atoms with Gasteiger partial charge in [0, 0.05) is 32.3 Å². The minimum absolute atomic E-state index is 0.00279. The zero-order chi connectivity index (χ0) is 18.2. The molecule has 2 amide bonds. The second-order valence-electron chi connectivity index (χ2n) is 6.50. The first-order chi connectivity index (χ1) is 12.1. The van der Waals surface area contributed by atoms with E-state index in [0.717, 1.165) is 55.8 Å². The molecule has 1 aliphatic rings. The molecule has 0 bridgehead atoms. The van der Waals surface area contributed by atoms with Gasteiger partial charge in [-0.25, -0.2) is 0 Å². The number of hydrogen-bond donors (Lipinski definition) is 1. The van der Waals surface area contributed by atoms with Crippen LogP contribution in [0.5, 0.6) is 0 Å². The Morgan fingerprint density at radius 2 is 2.12 bits per heavy atom. The smallest absolute Gasteiger partial charge is 0.224 e. The van der Waals surface area contributed by atoms with Crippen molar-refractivity contribution in [2.24, 2.45) is 0 Å². The van der Waals surface area contributed by atoms with E-state index in [0.29, 0.717) is 13.0 Å². The van der Waals surface area contributed by atoms with Gasteiger partial charge in [0.05, 0.1) is 24.0 Å². The maximum atomic E-state index is 12.1. The van der Waals surface area contributed by atoms with Gasteiger partial charge in [-0.2, -0.15) is 0 Å². The molecule has 1 saturated heterocycles. The van der Waals surface area contributed by atoms with Crippen molar-refractivity contribution >= 4 is 29.4 Å². The van der Waals surface area contributed by atoms with Crippen LogP contribution in [-0.2, 0) is 14.3 Å². The van der Waals surface area contributed by atoms with Crippen LogP contribution in [0.4, 0.5) is 17.1 Å². The predicted molar refractivity (Wildman–Crippen MR) is 101 cm³/mol. The van der Waals surface area contributed by atoms with Crippen molar-refractivity contribution in [3.63, 3.8) is 0 Å². The van der Waals surface area contributed by atoms with Gasteiger partial charge < -0.3 is 19.9 Å². The first kappa shape index (κ1) is 19.2. The number of anilines is 3. The van der Waals surface area contributed by atoms with Crippen molar-refractivity contribution in [1.82, 2.24) is 0 Å². The molecular weight excluding hydrogens is 318 g/mol. The normalized spacial score (nSPS) is 15.1. The summed E-state index contributed by atoms with van der Waals surface area (Å²) in [4.78, 5) is 27.5. The minimum Gasteiger partial charge on any atom is -0.380 e. The summed E-state index contributed by atoms with van der Waals surface area (Å²) in [7, 11) is 1.63. The number of carbonyl (C=O) groups is 2. The molecule has 6 nitrogen and oxygen atoms in total. The van der Waals surface area contributed by atoms with Gasteiger partial charge in [-0.1, -0.05) is 6.92 Å². The lowest BCUT2D eigenvalue weighted by molar-refractivity contribution is -0.116. The van der Waals surface area contributed by atoms with Crippen molar-refractivity contribution in [2.45, 2.75) is 45.6 Å². The number of benzene rings is 1. The van der Waals surface area contributed by atoms with Crippen LogP contribution in [0.2, 0.25) is 0 Å². The van der Waals surface area contributed by atoms with Gasteiger partial charge in [0.1, 0.15) is 0 Å². The third-order valence-corrected chi connectivity index (χ3v) is 4.49. The average Bonchev–Trinajstić information content (AvgIpc) is 3.14. The summed E-state index contributed by atoms with van der Waals surface area (Å²) in [5.74, 6) is 0.00279. The number of nitrogens with zero attached hydrogens (tertiary/aromatic N) is 2. The highest BCUT2D eigenvalue weighted by Gasteiger charge is 2.19. The molecular formula is C19H29N3O3. The highest BCUT2D eigenvalue weighted by Crippen LogP contribution is 2.33. The van der Waals surface area contributed by atoms with Crippen LogP contribution in [-0.4, -0.2) is 45.2 Å². The fraction of sp³-hybridized carbons (Fsp3) is 0.579. The second kappa shape index (κ2) is 9.42. The molecule has 1 aliphatic heterocycles. The van der Waals surface area contributed by atoms with E-state index in [1.807, 2.05) is 32.0 Å². The summed E-state index contributed by atoms with van der Waals surface area (Å²) in [6.45, 7) is 6.35. The first-order valence-electron chi connectivity index (χ1n) is 9.02. The van der Waals surface area contributed by atoms with Crippen LogP contribution in [0.25, 0.3) is 0 Å². The van der Waals surface area contributed by atoms with Crippen molar-refractivity contribution in [3.8, 4) is 0 Å². The number of amides is 2. The standard InChI is InChI=1S/C19H29N3O3/c1-4-7-19(24)20-17-12-16(22(14-23)13-15(2)25-3)8-9-18(17)21-10-5-6-11-21/h8-9,12,14-15H,4-7,10-11,13H2,1-3H3,(H,20,24). The largest absolute Gasteiger partial charge is 0.380 e. The lowest BCUT2D eigenvalue weighted by Gasteiger charge is -2.25. The van der Waals surface area contributed by atoms with Gasteiger partial charge in [0.25, 0.3) is 0 Å². The van der Waals surface area contributed by atoms with Crippen molar-refractivity contribution in [1.29, 1.82) is 0 Å². The molecule has 1 aromatic carbocycles. The zero-order valence-electron chi connectivity index (χ0n) is 15.5. The molecule has 1 fully saturated rings. The quantitative estimate of drug-likeness (QED) is 0.698. The SMILES string of the molecule is CCCC(=O)Nc1cc(N(C=O)CC(C)OC)ccc1N1CCCC1. The molecule has 0 radical (unpaired) electrons. The van der Waals surface area contributed by atoms with E-state index >= 15 is 0 Å². The van der Waals surface area contributed by atoms with Gasteiger partial charge in [0.15, 0.2) is 0 Å². The molecule has 138 valence electrons. The van der Waals surface area contributed by atoms with Crippen molar-refractivity contribution in [3.05, 3.63) is 18.2 Å². The van der Waals surface area contributed by atoms with E-state index in [2.05, 4.69) is 10.2 Å². The Morgan fingerprint density at radius 3 is 2.72 bits per heavy atom. The average molecular weight is 347 g/mol. The molecule has 0 aliphatic carbocycles. The van der Waals surface area contributed by atoms with E-state index in [1.165, 1.54) is 0 Å². The molecule has 0 aromatic heterocycles. The Hall–Kier alpha value is -2.08. The van der Waals surface area contributed by atoms with Crippen LogP contribution < -0.4 is 15.1 Å². The summed E-state index contributed by atoms with van der Waals surface area (Å²) >= 11 is 0. The molecule has 0 saturated carbocycles. The number of hydrogen-bond acceptors (Lipinski definition) is 4. The highest BCUT2D eigenvalue weighted by molar-refractivity contribution is 5.96. The molecule has 1 atom stereocenters. The topological polar surface area (TPSA) is 61.9 Å². The lowest BCUT2D eigenvalue weighted by Crippen LogP contribution is -2.31. The highest BCUT2D eigenvalue weighted by atomic mass is 16.5. The van der Waals surface area contributed by atoms with Crippen LogP contribution in [0.3, 0.4) is 0 Å². The Kier molecular flexibility index (Phi) is 7.25. The summed E-state index contributed by atoms with van der Waals surface area (Å²) in [5, 5.41) is 3.02. The molecule has 1 aromatic rings. The minimum atomic E-state index is -0.0680. The van der Waals surface area contributed by atoms with E-state index < -0.39 is 0 Å². The third-order valence-electron chi connectivity index (χ3n) is 4.49. The van der Waals surface area contributed by atoms with E-state index in [1.54, 1.807) is 12.0 Å². The van der Waals surface area contributed by atoms with Gasteiger partial charge >= 0.3 is 0 Å². The Morgan fingerprint density at radius 1 is 1.40 bits per heavy atom. The van der Waals surface area contributed by atoms with Gasteiger partial charge in [-0.3, -0.25) is 9.59 Å². The number of ether oxygens (including phenoxy) is 1. The van der Waals surface area contributed by atoms with Gasteiger partial charge in [0.2, 0.25) is 12.3 Å². The molecule has 0 spiro atoms. The molecule has 2 rings (SSSR count). The number of nitrogens with one attached hydrogen (secondary N) is 1. The fourth-order valence-electron chi connectivity index (χ4n) is 3.04. The zero-order valence-corrected chi connectivity index (χ0v) is 15.5. The van der Waals surface area contributed by atoms with Gasteiger partial charge in [-0.15, -0.1) is 0 Å². The van der Waals surface area contributed by atoms with Crippen LogP contribution in [0.15, 0.2) is 18.2 Å². The molecule has 1 N–H and O–H groups in total. The third kappa shape index (κ3) is 5.19. The molecule has 1 unspecified atom stereocenters. The van der Waals surface area contributed by atoms with Crippen LogP contribution in [0, 0.1) is 0 Å². The van der Waals surface area contributed by atoms with E-state index in [4.69, 9.17) is 4.74 Å². The van der Waals surface area contributed by atoms with E-state index in [-0.39, 0.29) is 12.0 Å². The summed E-state index contributed by atoms with van der Waals surface area (Å²) in [6.07, 6.45) is 4.35. The Bertz CT molecular complexity index is 585.